The van der Waals surface area contributed by atoms with Gasteiger partial charge in [0.1, 0.15) is 0 Å². The third-order valence-corrected chi connectivity index (χ3v) is 4.26. The Labute approximate surface area is 111 Å². The van der Waals surface area contributed by atoms with E-state index < -0.39 is 5.60 Å². The molecule has 0 amide bonds. The normalized spacial score (nSPS) is 29.4. The van der Waals surface area contributed by atoms with Crippen LogP contribution in [0.15, 0.2) is 30.3 Å². The van der Waals surface area contributed by atoms with Gasteiger partial charge in [-0.1, -0.05) is 50.1 Å². The SMILES string of the molecule is CCCC[C@H]1CN(C)CC[C@]1(O)c1ccccc1. The number of nitrogens with zero attached hydrogens (tertiary/aromatic N) is 1. The molecule has 0 aromatic heterocycles. The topological polar surface area (TPSA) is 23.5 Å². The molecular formula is C16H25NO. The molecule has 1 N–H and O–H groups in total. The fourth-order valence-electron chi connectivity index (χ4n) is 3.07. The second-order valence-corrected chi connectivity index (χ2v) is 5.64. The minimum Gasteiger partial charge on any atom is -0.385 e. The summed E-state index contributed by atoms with van der Waals surface area (Å²) in [4.78, 5) is 2.34. The fraction of sp³-hybridized carbons (Fsp3) is 0.625. The van der Waals surface area contributed by atoms with E-state index >= 15 is 0 Å². The first-order chi connectivity index (χ1) is 8.66. The maximum Gasteiger partial charge on any atom is 0.0948 e. The van der Waals surface area contributed by atoms with Gasteiger partial charge in [-0.3, -0.25) is 0 Å². The van der Waals surface area contributed by atoms with Gasteiger partial charge < -0.3 is 10.0 Å². The van der Waals surface area contributed by atoms with E-state index in [1.54, 1.807) is 0 Å². The Hall–Kier alpha value is -0.860. The van der Waals surface area contributed by atoms with Crippen molar-refractivity contribution in [3.63, 3.8) is 0 Å². The van der Waals surface area contributed by atoms with Crippen molar-refractivity contribution in [1.29, 1.82) is 0 Å². The summed E-state index contributed by atoms with van der Waals surface area (Å²) in [6, 6.07) is 10.2. The molecule has 1 aliphatic heterocycles. The highest BCUT2D eigenvalue weighted by Crippen LogP contribution is 2.39. The molecule has 1 aromatic carbocycles. The van der Waals surface area contributed by atoms with Crippen molar-refractivity contribution < 1.29 is 5.11 Å². The van der Waals surface area contributed by atoms with E-state index in [0.29, 0.717) is 5.92 Å². The van der Waals surface area contributed by atoms with Gasteiger partial charge >= 0.3 is 0 Å². The number of likely N-dealkylation sites (tertiary alicyclic amines) is 1. The van der Waals surface area contributed by atoms with Crippen LogP contribution in [0.4, 0.5) is 0 Å². The van der Waals surface area contributed by atoms with Crippen LogP contribution in [-0.2, 0) is 5.60 Å². The predicted molar refractivity (Wildman–Crippen MR) is 75.5 cm³/mol. The lowest BCUT2D eigenvalue weighted by Crippen LogP contribution is -2.48. The van der Waals surface area contributed by atoms with E-state index in [9.17, 15) is 5.11 Å². The van der Waals surface area contributed by atoms with E-state index in [-0.39, 0.29) is 0 Å². The molecule has 18 heavy (non-hydrogen) atoms. The van der Waals surface area contributed by atoms with Gasteiger partial charge in [0.05, 0.1) is 5.60 Å². The third-order valence-electron chi connectivity index (χ3n) is 4.26. The van der Waals surface area contributed by atoms with Crippen molar-refractivity contribution in [2.75, 3.05) is 20.1 Å². The molecule has 0 spiro atoms. The van der Waals surface area contributed by atoms with Gasteiger partial charge in [-0.2, -0.15) is 0 Å². The summed E-state index contributed by atoms with van der Waals surface area (Å²) in [5.74, 6) is 0.360. The molecule has 1 saturated heterocycles. The van der Waals surface area contributed by atoms with Crippen molar-refractivity contribution in [3.05, 3.63) is 35.9 Å². The van der Waals surface area contributed by atoms with Crippen LogP contribution in [-0.4, -0.2) is 30.1 Å². The van der Waals surface area contributed by atoms with Crippen LogP contribution in [0.5, 0.6) is 0 Å². The number of piperidine rings is 1. The van der Waals surface area contributed by atoms with Gasteiger partial charge in [-0.15, -0.1) is 0 Å². The highest BCUT2D eigenvalue weighted by atomic mass is 16.3. The second kappa shape index (κ2) is 5.85. The molecule has 1 fully saturated rings. The lowest BCUT2D eigenvalue weighted by atomic mass is 9.74. The van der Waals surface area contributed by atoms with Crippen molar-refractivity contribution in [2.45, 2.75) is 38.2 Å². The summed E-state index contributed by atoms with van der Waals surface area (Å²) in [5, 5.41) is 11.1. The van der Waals surface area contributed by atoms with Crippen LogP contribution in [0.3, 0.4) is 0 Å². The Balaban J connectivity index is 2.21. The largest absolute Gasteiger partial charge is 0.385 e. The summed E-state index contributed by atoms with van der Waals surface area (Å²) in [5.41, 5.74) is 0.474. The lowest BCUT2D eigenvalue weighted by Gasteiger charge is -2.44. The number of aliphatic hydroxyl groups is 1. The molecule has 2 atom stereocenters. The van der Waals surface area contributed by atoms with Gasteiger partial charge in [0, 0.05) is 19.0 Å². The zero-order chi connectivity index (χ0) is 13.0. The lowest BCUT2D eigenvalue weighted by molar-refractivity contribution is -0.0766. The van der Waals surface area contributed by atoms with Gasteiger partial charge in [0.15, 0.2) is 0 Å². The zero-order valence-electron chi connectivity index (χ0n) is 11.6. The zero-order valence-corrected chi connectivity index (χ0v) is 11.6. The molecule has 2 heteroatoms. The molecule has 0 radical (unpaired) electrons. The summed E-state index contributed by atoms with van der Waals surface area (Å²) in [7, 11) is 2.16. The van der Waals surface area contributed by atoms with Crippen LogP contribution in [0, 0.1) is 5.92 Å². The van der Waals surface area contributed by atoms with Crippen LogP contribution in [0.1, 0.15) is 38.2 Å². The van der Waals surface area contributed by atoms with Crippen LogP contribution in [0.25, 0.3) is 0 Å². The first-order valence-electron chi connectivity index (χ1n) is 7.13. The van der Waals surface area contributed by atoms with Gasteiger partial charge in [-0.05, 0) is 25.5 Å². The summed E-state index contributed by atoms with van der Waals surface area (Å²) in [6.45, 7) is 4.20. The van der Waals surface area contributed by atoms with Crippen molar-refractivity contribution in [2.24, 2.45) is 5.92 Å². The number of hydrogen-bond donors (Lipinski definition) is 1. The molecule has 0 bridgehead atoms. The van der Waals surface area contributed by atoms with Crippen molar-refractivity contribution >= 4 is 0 Å². The van der Waals surface area contributed by atoms with E-state index in [1.165, 1.54) is 12.8 Å². The second-order valence-electron chi connectivity index (χ2n) is 5.64. The van der Waals surface area contributed by atoms with Crippen LogP contribution >= 0.6 is 0 Å². The third kappa shape index (κ3) is 2.76. The number of benzene rings is 1. The van der Waals surface area contributed by atoms with Gasteiger partial charge in [0.25, 0.3) is 0 Å². The number of rotatable bonds is 4. The van der Waals surface area contributed by atoms with Crippen LogP contribution < -0.4 is 0 Å². The Morgan fingerprint density at radius 1 is 1.33 bits per heavy atom. The molecule has 1 heterocycles. The van der Waals surface area contributed by atoms with E-state index in [2.05, 4.69) is 31.0 Å². The van der Waals surface area contributed by atoms with Gasteiger partial charge in [0.2, 0.25) is 0 Å². The van der Waals surface area contributed by atoms with Crippen molar-refractivity contribution in [3.8, 4) is 0 Å². The first kappa shape index (κ1) is 13.6. The summed E-state index contributed by atoms with van der Waals surface area (Å²) in [6.07, 6.45) is 4.37. The minimum absolute atomic E-state index is 0.360. The molecule has 1 aromatic rings. The number of hydrogen-bond acceptors (Lipinski definition) is 2. The van der Waals surface area contributed by atoms with E-state index in [1.807, 2.05) is 18.2 Å². The highest BCUT2D eigenvalue weighted by molar-refractivity contribution is 5.24. The first-order valence-corrected chi connectivity index (χ1v) is 7.13. The highest BCUT2D eigenvalue weighted by Gasteiger charge is 2.41. The Kier molecular flexibility index (Phi) is 4.41. The maximum atomic E-state index is 11.1. The maximum absolute atomic E-state index is 11.1. The monoisotopic (exact) mass is 247 g/mol. The average molecular weight is 247 g/mol. The molecule has 0 unspecified atom stereocenters. The molecular weight excluding hydrogens is 222 g/mol. The van der Waals surface area contributed by atoms with E-state index in [0.717, 1.165) is 31.5 Å². The quantitative estimate of drug-likeness (QED) is 0.884. The average Bonchev–Trinajstić information content (AvgIpc) is 2.41. The van der Waals surface area contributed by atoms with E-state index in [4.69, 9.17) is 0 Å². The standard InChI is InChI=1S/C16H25NO/c1-3-4-8-15-13-17(2)12-11-16(15,18)14-9-6-5-7-10-14/h5-7,9-10,15,18H,3-4,8,11-13H2,1-2H3/t15-,16-/m0/s1. The molecule has 2 rings (SSSR count). The van der Waals surface area contributed by atoms with Gasteiger partial charge in [-0.25, -0.2) is 0 Å². The minimum atomic E-state index is -0.622. The summed E-state index contributed by atoms with van der Waals surface area (Å²) >= 11 is 0. The smallest absolute Gasteiger partial charge is 0.0948 e. The fourth-order valence-corrected chi connectivity index (χ4v) is 3.07. The Morgan fingerprint density at radius 2 is 2.06 bits per heavy atom. The molecule has 0 saturated carbocycles. The Bertz CT molecular complexity index is 365. The molecule has 2 nitrogen and oxygen atoms in total. The molecule has 100 valence electrons. The Morgan fingerprint density at radius 3 is 2.72 bits per heavy atom. The van der Waals surface area contributed by atoms with Crippen molar-refractivity contribution in [1.82, 2.24) is 4.90 Å². The number of unbranched alkanes of at least 4 members (excludes halogenated alkanes) is 1. The molecule has 1 aliphatic rings. The summed E-state index contributed by atoms with van der Waals surface area (Å²) < 4.78 is 0. The molecule has 0 aliphatic carbocycles. The predicted octanol–water partition coefficient (Wildman–Crippen LogP) is 3.02. The van der Waals surface area contributed by atoms with Crippen LogP contribution in [0.2, 0.25) is 0 Å².